The van der Waals surface area contributed by atoms with E-state index in [1.54, 1.807) is 12.1 Å². The maximum atomic E-state index is 12.8. The monoisotopic (exact) mass is 439 g/mol. The second-order valence-corrected chi connectivity index (χ2v) is 8.59. The van der Waals surface area contributed by atoms with Crippen LogP contribution in [-0.4, -0.2) is 36.4 Å². The number of carboxylic acid groups (broad SMARTS) is 1. The Morgan fingerprint density at radius 1 is 1.29 bits per heavy atom. The number of carboxylic acids is 1. The van der Waals surface area contributed by atoms with Crippen LogP contribution in [0, 0.1) is 0 Å². The van der Waals surface area contributed by atoms with Gasteiger partial charge in [-0.05, 0) is 47.0 Å². The molecule has 0 saturated heterocycles. The molecule has 1 aliphatic carbocycles. The van der Waals surface area contributed by atoms with E-state index in [2.05, 4.69) is 31.9 Å². The molecule has 0 spiro atoms. The highest BCUT2D eigenvalue weighted by molar-refractivity contribution is 9.11. The summed E-state index contributed by atoms with van der Waals surface area (Å²) in [5.74, 6) is -1.14. The molecule has 1 fully saturated rings. The molecule has 1 aromatic carbocycles. The number of nitrogens with zero attached hydrogens (tertiary/aromatic N) is 1. The lowest BCUT2D eigenvalue weighted by Crippen LogP contribution is -2.42. The number of rotatable bonds is 5. The van der Waals surface area contributed by atoms with Gasteiger partial charge < -0.3 is 5.11 Å². The highest BCUT2D eigenvalue weighted by Crippen LogP contribution is 2.32. The summed E-state index contributed by atoms with van der Waals surface area (Å²) in [4.78, 5) is 11.2. The fourth-order valence-corrected chi connectivity index (χ4v) is 5.89. The first-order valence-electron chi connectivity index (χ1n) is 6.51. The maximum Gasteiger partial charge on any atom is 0.318 e. The summed E-state index contributed by atoms with van der Waals surface area (Å²) >= 11 is 6.52. The van der Waals surface area contributed by atoms with Crippen molar-refractivity contribution >= 4 is 47.9 Å². The van der Waals surface area contributed by atoms with Gasteiger partial charge in [-0.25, -0.2) is 8.42 Å². The van der Waals surface area contributed by atoms with Crippen molar-refractivity contribution < 1.29 is 18.3 Å². The fraction of sp³-hybridized carbons (Fsp3) is 0.462. The van der Waals surface area contributed by atoms with Gasteiger partial charge in [0.15, 0.2) is 0 Å². The molecule has 0 aromatic heterocycles. The van der Waals surface area contributed by atoms with E-state index in [0.29, 0.717) is 17.3 Å². The van der Waals surface area contributed by atoms with E-state index in [9.17, 15) is 13.2 Å². The van der Waals surface area contributed by atoms with Crippen molar-refractivity contribution in [2.24, 2.45) is 0 Å². The molecule has 1 N–H and O–H groups in total. The molecule has 21 heavy (non-hydrogen) atoms. The van der Waals surface area contributed by atoms with Gasteiger partial charge in [0.1, 0.15) is 6.54 Å². The second kappa shape index (κ2) is 6.76. The van der Waals surface area contributed by atoms with Gasteiger partial charge in [-0.1, -0.05) is 28.8 Å². The Bertz CT molecular complexity index is 642. The minimum Gasteiger partial charge on any atom is -0.480 e. The standard InChI is InChI=1S/C13H15Br2NO4S/c14-9-5-6-12(11(15)7-9)21(19,20)16(8-13(17)18)10-3-1-2-4-10/h5-7,10H,1-4,8H2,(H,17,18). The van der Waals surface area contributed by atoms with Crippen molar-refractivity contribution in [2.45, 2.75) is 36.6 Å². The highest BCUT2D eigenvalue weighted by atomic mass is 79.9. The van der Waals surface area contributed by atoms with Gasteiger partial charge in [-0.2, -0.15) is 4.31 Å². The van der Waals surface area contributed by atoms with Crippen LogP contribution in [0.1, 0.15) is 25.7 Å². The number of aliphatic carboxylic acids is 1. The fourth-order valence-electron chi connectivity index (χ4n) is 2.55. The zero-order valence-corrected chi connectivity index (χ0v) is 15.1. The smallest absolute Gasteiger partial charge is 0.318 e. The van der Waals surface area contributed by atoms with Gasteiger partial charge in [0, 0.05) is 15.0 Å². The molecule has 1 aliphatic rings. The van der Waals surface area contributed by atoms with Crippen molar-refractivity contribution in [3.8, 4) is 0 Å². The van der Waals surface area contributed by atoms with E-state index in [4.69, 9.17) is 5.11 Å². The van der Waals surface area contributed by atoms with Gasteiger partial charge in [-0.3, -0.25) is 4.79 Å². The molecule has 116 valence electrons. The molecule has 0 atom stereocenters. The number of carbonyl (C=O) groups is 1. The molecule has 5 nitrogen and oxygen atoms in total. The van der Waals surface area contributed by atoms with Gasteiger partial charge in [-0.15, -0.1) is 0 Å². The summed E-state index contributed by atoms with van der Waals surface area (Å²) in [5.41, 5.74) is 0. The predicted molar refractivity (Wildman–Crippen MR) is 85.6 cm³/mol. The van der Waals surface area contributed by atoms with Crippen LogP contribution in [0.5, 0.6) is 0 Å². The quantitative estimate of drug-likeness (QED) is 0.762. The molecule has 0 unspecified atom stereocenters. The van der Waals surface area contributed by atoms with Crippen LogP contribution in [0.3, 0.4) is 0 Å². The van der Waals surface area contributed by atoms with Crippen LogP contribution in [-0.2, 0) is 14.8 Å². The summed E-state index contributed by atoms with van der Waals surface area (Å²) in [6.45, 7) is -0.504. The molecule has 0 radical (unpaired) electrons. The van der Waals surface area contributed by atoms with Crippen LogP contribution in [0.4, 0.5) is 0 Å². The Morgan fingerprint density at radius 3 is 2.43 bits per heavy atom. The van der Waals surface area contributed by atoms with Gasteiger partial charge in [0.2, 0.25) is 10.0 Å². The third-order valence-electron chi connectivity index (χ3n) is 3.50. The molecular weight excluding hydrogens is 426 g/mol. The molecule has 0 aliphatic heterocycles. The molecular formula is C13H15Br2NO4S. The molecule has 2 rings (SSSR count). The first-order valence-corrected chi connectivity index (χ1v) is 9.53. The Kier molecular flexibility index (Phi) is 5.45. The van der Waals surface area contributed by atoms with Gasteiger partial charge in [0.25, 0.3) is 0 Å². The molecule has 8 heteroatoms. The van der Waals surface area contributed by atoms with E-state index in [0.717, 1.165) is 21.6 Å². The third kappa shape index (κ3) is 3.85. The number of sulfonamides is 1. The second-order valence-electron chi connectivity index (χ2n) is 4.96. The summed E-state index contributed by atoms with van der Waals surface area (Å²) in [7, 11) is -3.84. The van der Waals surface area contributed by atoms with Crippen molar-refractivity contribution in [3.05, 3.63) is 27.1 Å². The lowest BCUT2D eigenvalue weighted by molar-refractivity contribution is -0.137. The summed E-state index contributed by atoms with van der Waals surface area (Å²) in [6, 6.07) is 4.51. The minimum absolute atomic E-state index is 0.0962. The van der Waals surface area contributed by atoms with Crippen molar-refractivity contribution in [1.29, 1.82) is 0 Å². The SMILES string of the molecule is O=C(O)CN(C1CCCC1)S(=O)(=O)c1ccc(Br)cc1Br. The maximum absolute atomic E-state index is 12.8. The predicted octanol–water partition coefficient (Wildman–Crippen LogP) is 3.23. The van der Waals surface area contributed by atoms with Crippen LogP contribution in [0.2, 0.25) is 0 Å². The van der Waals surface area contributed by atoms with Crippen molar-refractivity contribution in [2.75, 3.05) is 6.54 Å². The number of hydrogen-bond donors (Lipinski definition) is 1. The number of benzene rings is 1. The zero-order valence-electron chi connectivity index (χ0n) is 11.1. The van der Waals surface area contributed by atoms with Crippen LogP contribution in [0.25, 0.3) is 0 Å². The largest absolute Gasteiger partial charge is 0.480 e. The molecule has 0 bridgehead atoms. The van der Waals surface area contributed by atoms with Crippen molar-refractivity contribution in [3.63, 3.8) is 0 Å². The molecule has 1 aromatic rings. The Morgan fingerprint density at radius 2 is 1.90 bits per heavy atom. The van der Waals surface area contributed by atoms with Gasteiger partial charge >= 0.3 is 5.97 Å². The average molecular weight is 441 g/mol. The lowest BCUT2D eigenvalue weighted by atomic mass is 10.2. The number of hydrogen-bond acceptors (Lipinski definition) is 3. The van der Waals surface area contributed by atoms with E-state index >= 15 is 0 Å². The Hall–Kier alpha value is -0.440. The van der Waals surface area contributed by atoms with E-state index in [1.807, 2.05) is 0 Å². The van der Waals surface area contributed by atoms with E-state index in [-0.39, 0.29) is 10.9 Å². The molecule has 1 saturated carbocycles. The zero-order chi connectivity index (χ0) is 15.6. The normalized spacial score (nSPS) is 16.5. The van der Waals surface area contributed by atoms with E-state index < -0.39 is 22.5 Å². The highest BCUT2D eigenvalue weighted by Gasteiger charge is 2.35. The Labute approximate surface area is 140 Å². The van der Waals surface area contributed by atoms with E-state index in [1.165, 1.54) is 6.07 Å². The van der Waals surface area contributed by atoms with Crippen molar-refractivity contribution in [1.82, 2.24) is 4.31 Å². The first-order chi connectivity index (χ1) is 9.82. The van der Waals surface area contributed by atoms with Gasteiger partial charge in [0.05, 0.1) is 4.90 Å². The molecule has 0 heterocycles. The molecule has 0 amide bonds. The number of halogens is 2. The first kappa shape index (κ1) is 16.9. The van der Waals surface area contributed by atoms with Crippen LogP contribution >= 0.6 is 31.9 Å². The van der Waals surface area contributed by atoms with Crippen LogP contribution < -0.4 is 0 Å². The average Bonchev–Trinajstić information content (AvgIpc) is 2.88. The topological polar surface area (TPSA) is 74.7 Å². The minimum atomic E-state index is -3.84. The summed E-state index contributed by atoms with van der Waals surface area (Å²) in [6.07, 6.45) is 3.27. The lowest BCUT2D eigenvalue weighted by Gasteiger charge is -2.27. The third-order valence-corrected chi connectivity index (χ3v) is 6.87. The van der Waals surface area contributed by atoms with Crippen LogP contribution in [0.15, 0.2) is 32.0 Å². The summed E-state index contributed by atoms with van der Waals surface area (Å²) in [5, 5.41) is 9.04. The summed E-state index contributed by atoms with van der Waals surface area (Å²) < 4.78 is 27.9. The Balaban J connectivity index is 2.43.